The molecule has 1 saturated carbocycles. The van der Waals surface area contributed by atoms with Gasteiger partial charge in [0.05, 0.1) is 28.4 Å². The number of anilines is 1. The zero-order valence-corrected chi connectivity index (χ0v) is 20.4. The van der Waals surface area contributed by atoms with Crippen molar-refractivity contribution in [1.29, 1.82) is 0 Å². The van der Waals surface area contributed by atoms with E-state index in [0.717, 1.165) is 12.8 Å². The minimum absolute atomic E-state index is 0.123. The van der Waals surface area contributed by atoms with Crippen LogP contribution in [0.2, 0.25) is 5.02 Å². The van der Waals surface area contributed by atoms with Crippen molar-refractivity contribution in [2.24, 2.45) is 0 Å². The average Bonchev–Trinajstić information content (AvgIpc) is 3.68. The first-order chi connectivity index (χ1) is 17.5. The second kappa shape index (κ2) is 11.9. The topological polar surface area (TPSA) is 111 Å². The number of methoxy groups -OCH3 is 1. The van der Waals surface area contributed by atoms with E-state index in [0.29, 0.717) is 45.5 Å². The van der Waals surface area contributed by atoms with Crippen molar-refractivity contribution in [2.45, 2.75) is 18.9 Å². The number of nitrogens with one attached hydrogen (secondary N) is 3. The largest absolute Gasteiger partial charge is 0.490 e. The maximum absolute atomic E-state index is 12.7. The molecule has 0 unspecified atom stereocenters. The molecule has 2 aromatic carbocycles. The number of rotatable bonds is 11. The number of amides is 3. The molecular formula is C25H26ClFN4O5. The third-order valence-corrected chi connectivity index (χ3v) is 5.61. The molecule has 0 spiro atoms. The molecule has 0 radical (unpaired) electrons. The SMILES string of the molecule is COCCOc1cc2nccc(Oc3ccc(NC(=O)NC4CC4)c(Cl)c3)c2cc1C(=O)NCCF. The van der Waals surface area contributed by atoms with E-state index in [1.807, 2.05) is 0 Å². The molecule has 9 nitrogen and oxygen atoms in total. The molecule has 0 atom stereocenters. The molecule has 1 fully saturated rings. The summed E-state index contributed by atoms with van der Waals surface area (Å²) in [5.74, 6) is 0.652. The van der Waals surface area contributed by atoms with Gasteiger partial charge in [-0.25, -0.2) is 9.18 Å². The molecule has 3 aromatic rings. The number of ether oxygens (including phenoxy) is 3. The lowest BCUT2D eigenvalue weighted by Gasteiger charge is -2.15. The summed E-state index contributed by atoms with van der Waals surface area (Å²) in [5, 5.41) is 8.92. The van der Waals surface area contributed by atoms with Gasteiger partial charge < -0.3 is 30.2 Å². The van der Waals surface area contributed by atoms with Gasteiger partial charge in [0.25, 0.3) is 5.91 Å². The fourth-order valence-electron chi connectivity index (χ4n) is 3.38. The second-order valence-corrected chi connectivity index (χ2v) is 8.48. The Kier molecular flexibility index (Phi) is 8.40. The molecule has 11 heteroatoms. The van der Waals surface area contributed by atoms with Gasteiger partial charge in [-0.1, -0.05) is 11.6 Å². The highest BCUT2D eigenvalue weighted by Gasteiger charge is 2.23. The summed E-state index contributed by atoms with van der Waals surface area (Å²) in [7, 11) is 1.54. The Morgan fingerprint density at radius 3 is 2.69 bits per heavy atom. The summed E-state index contributed by atoms with van der Waals surface area (Å²) < 4.78 is 29.4. The van der Waals surface area contributed by atoms with E-state index in [4.69, 9.17) is 25.8 Å². The zero-order chi connectivity index (χ0) is 25.5. The number of aromatic nitrogens is 1. The Morgan fingerprint density at radius 2 is 1.97 bits per heavy atom. The Bertz CT molecular complexity index is 1250. The molecule has 0 bridgehead atoms. The highest BCUT2D eigenvalue weighted by molar-refractivity contribution is 6.33. The van der Waals surface area contributed by atoms with Crippen LogP contribution in [-0.4, -0.2) is 56.5 Å². The van der Waals surface area contributed by atoms with Crippen LogP contribution in [0.25, 0.3) is 10.9 Å². The number of benzene rings is 2. The lowest BCUT2D eigenvalue weighted by Crippen LogP contribution is -2.30. The van der Waals surface area contributed by atoms with Gasteiger partial charge in [0.15, 0.2) is 0 Å². The Hall–Kier alpha value is -3.63. The second-order valence-electron chi connectivity index (χ2n) is 8.08. The molecule has 36 heavy (non-hydrogen) atoms. The van der Waals surface area contributed by atoms with Crippen LogP contribution in [0.1, 0.15) is 23.2 Å². The number of hydrogen-bond donors (Lipinski definition) is 3. The molecule has 0 aliphatic heterocycles. The Balaban J connectivity index is 1.59. The molecular weight excluding hydrogens is 491 g/mol. The molecule has 190 valence electrons. The van der Waals surface area contributed by atoms with Crippen molar-refractivity contribution in [1.82, 2.24) is 15.6 Å². The van der Waals surface area contributed by atoms with Gasteiger partial charge in [-0.3, -0.25) is 9.78 Å². The van der Waals surface area contributed by atoms with Gasteiger partial charge in [0.2, 0.25) is 0 Å². The molecule has 1 aliphatic carbocycles. The number of urea groups is 1. The number of pyridine rings is 1. The summed E-state index contributed by atoms with van der Waals surface area (Å²) in [4.78, 5) is 29.1. The van der Waals surface area contributed by atoms with E-state index in [2.05, 4.69) is 20.9 Å². The molecule has 1 aliphatic rings. The summed E-state index contributed by atoms with van der Waals surface area (Å²) >= 11 is 6.36. The minimum atomic E-state index is -0.692. The highest BCUT2D eigenvalue weighted by atomic mass is 35.5. The quantitative estimate of drug-likeness (QED) is 0.319. The third-order valence-electron chi connectivity index (χ3n) is 5.30. The number of nitrogens with zero attached hydrogens (tertiary/aromatic N) is 1. The van der Waals surface area contributed by atoms with Gasteiger partial charge in [0.1, 0.15) is 30.5 Å². The Morgan fingerprint density at radius 1 is 1.14 bits per heavy atom. The highest BCUT2D eigenvalue weighted by Crippen LogP contribution is 2.35. The van der Waals surface area contributed by atoms with Crippen LogP contribution < -0.4 is 25.4 Å². The molecule has 3 amide bonds. The molecule has 1 aromatic heterocycles. The minimum Gasteiger partial charge on any atom is -0.490 e. The number of halogens is 2. The van der Waals surface area contributed by atoms with Gasteiger partial charge in [-0.2, -0.15) is 0 Å². The van der Waals surface area contributed by atoms with Crippen molar-refractivity contribution in [2.75, 3.05) is 38.9 Å². The van der Waals surface area contributed by atoms with Crippen molar-refractivity contribution >= 4 is 40.1 Å². The van der Waals surface area contributed by atoms with Crippen molar-refractivity contribution < 1.29 is 28.2 Å². The number of carbonyl (C=O) groups is 2. The monoisotopic (exact) mass is 516 g/mol. The van der Waals surface area contributed by atoms with E-state index in [9.17, 15) is 14.0 Å². The fraction of sp³-hybridized carbons (Fsp3) is 0.320. The third kappa shape index (κ3) is 6.52. The lowest BCUT2D eigenvalue weighted by molar-refractivity contribution is 0.0943. The Labute approximate surface area is 212 Å². The van der Waals surface area contributed by atoms with Gasteiger partial charge >= 0.3 is 6.03 Å². The van der Waals surface area contributed by atoms with Gasteiger partial charge in [-0.05, 0) is 37.1 Å². The van der Waals surface area contributed by atoms with Crippen molar-refractivity contribution in [3.05, 3.63) is 53.2 Å². The summed E-state index contributed by atoms with van der Waals surface area (Å²) in [6.07, 6.45) is 3.53. The van der Waals surface area contributed by atoms with E-state index >= 15 is 0 Å². The number of fused-ring (bicyclic) bond motifs is 1. The first-order valence-corrected chi connectivity index (χ1v) is 11.8. The molecule has 0 saturated heterocycles. The van der Waals surface area contributed by atoms with Crippen LogP contribution in [0, 0.1) is 0 Å². The lowest BCUT2D eigenvalue weighted by atomic mass is 10.1. The van der Waals surface area contributed by atoms with Crippen LogP contribution in [0.4, 0.5) is 14.9 Å². The van der Waals surface area contributed by atoms with Crippen LogP contribution in [0.3, 0.4) is 0 Å². The number of hydrogen-bond acceptors (Lipinski definition) is 6. The predicted octanol–water partition coefficient (Wildman–Crippen LogP) is 4.69. The van der Waals surface area contributed by atoms with Crippen LogP contribution in [-0.2, 0) is 4.74 Å². The molecule has 4 rings (SSSR count). The van der Waals surface area contributed by atoms with E-state index in [-0.39, 0.29) is 30.8 Å². The normalized spacial score (nSPS) is 12.8. The standard InChI is InChI=1S/C25H26ClFN4O5/c1-34-10-11-35-23-14-21-17(13-18(23)24(32)29-9-7-27)22(6-8-28-21)36-16-4-5-20(19(26)12-16)31-25(33)30-15-2-3-15/h4-6,8,12-15H,2-3,7,9-11H2,1H3,(H,29,32)(H2,30,31,33). The molecule has 3 N–H and O–H groups in total. The van der Waals surface area contributed by atoms with Crippen LogP contribution in [0.15, 0.2) is 42.6 Å². The van der Waals surface area contributed by atoms with Crippen LogP contribution in [0.5, 0.6) is 17.2 Å². The van der Waals surface area contributed by atoms with E-state index < -0.39 is 12.6 Å². The molecule has 1 heterocycles. The van der Waals surface area contributed by atoms with Crippen molar-refractivity contribution in [3.63, 3.8) is 0 Å². The average molecular weight is 517 g/mol. The first-order valence-electron chi connectivity index (χ1n) is 11.4. The van der Waals surface area contributed by atoms with Gasteiger partial charge in [0, 0.05) is 43.4 Å². The predicted molar refractivity (Wildman–Crippen MR) is 134 cm³/mol. The number of carbonyl (C=O) groups excluding carboxylic acids is 2. The van der Waals surface area contributed by atoms with Crippen molar-refractivity contribution in [3.8, 4) is 17.2 Å². The zero-order valence-electron chi connectivity index (χ0n) is 19.6. The van der Waals surface area contributed by atoms with E-state index in [1.165, 1.54) is 0 Å². The summed E-state index contributed by atoms with van der Waals surface area (Å²) in [5.41, 5.74) is 1.19. The van der Waals surface area contributed by atoms with E-state index in [1.54, 1.807) is 49.7 Å². The summed E-state index contributed by atoms with van der Waals surface area (Å²) in [6.45, 7) is -0.265. The van der Waals surface area contributed by atoms with Gasteiger partial charge in [-0.15, -0.1) is 0 Å². The maximum atomic E-state index is 12.7. The van der Waals surface area contributed by atoms with Crippen LogP contribution >= 0.6 is 11.6 Å². The first kappa shape index (κ1) is 25.5. The summed E-state index contributed by atoms with van der Waals surface area (Å²) in [6, 6.07) is 9.68. The number of alkyl halides is 1. The fourth-order valence-corrected chi connectivity index (χ4v) is 3.60. The maximum Gasteiger partial charge on any atom is 0.319 e. The smallest absolute Gasteiger partial charge is 0.319 e.